The monoisotopic (exact) mass is 384 g/mol. The molecule has 1 aliphatic rings. The molecular weight excluding hydrogens is 363 g/mol. The van der Waals surface area contributed by atoms with Crippen LogP contribution >= 0.6 is 0 Å². The largest absolute Gasteiger partial charge is 0.476 e. The van der Waals surface area contributed by atoms with Gasteiger partial charge in [0.1, 0.15) is 11.5 Å². The van der Waals surface area contributed by atoms with Crippen LogP contribution in [0.15, 0.2) is 34.9 Å². The van der Waals surface area contributed by atoms with E-state index < -0.39 is 5.97 Å². The Kier molecular flexibility index (Phi) is 4.95. The topological polar surface area (TPSA) is 93.2 Å². The van der Waals surface area contributed by atoms with Gasteiger partial charge >= 0.3 is 5.97 Å². The lowest BCUT2D eigenvalue weighted by atomic mass is 9.91. The molecule has 1 aliphatic carbocycles. The van der Waals surface area contributed by atoms with Crippen molar-refractivity contribution < 1.29 is 18.8 Å². The average Bonchev–Trinajstić information content (AvgIpc) is 3.31. The quantitative estimate of drug-likeness (QED) is 0.679. The number of aromatic nitrogens is 3. The number of carboxylic acid groups (broad SMARTS) is 1. The molecule has 0 aliphatic heterocycles. The van der Waals surface area contributed by atoms with E-state index >= 15 is 0 Å². The van der Waals surface area contributed by atoms with Crippen molar-refractivity contribution >= 4 is 5.97 Å². The smallest absolute Gasteiger partial charge is 0.356 e. The average molecular weight is 384 g/mol. The molecule has 0 spiro atoms. The molecule has 4 rings (SSSR count). The van der Waals surface area contributed by atoms with Gasteiger partial charge in [-0.2, -0.15) is 5.10 Å². The first kappa shape index (κ1) is 18.4. The highest BCUT2D eigenvalue weighted by molar-refractivity contribution is 5.87. The third kappa shape index (κ3) is 3.55. The third-order valence-electron chi connectivity index (χ3n) is 5.11. The van der Waals surface area contributed by atoms with Crippen molar-refractivity contribution in [3.8, 4) is 11.3 Å². The summed E-state index contributed by atoms with van der Waals surface area (Å²) in [6.45, 7) is 3.11. The van der Waals surface area contributed by atoms with Crippen molar-refractivity contribution in [3.63, 3.8) is 0 Å². The fraction of sp³-hybridized carbons (Fsp3) is 0.350. The van der Waals surface area contributed by atoms with E-state index in [0.29, 0.717) is 31.0 Å². The van der Waals surface area contributed by atoms with Crippen LogP contribution in [-0.2, 0) is 25.9 Å². The third-order valence-corrected chi connectivity index (χ3v) is 5.11. The zero-order valence-electron chi connectivity index (χ0n) is 15.5. The normalized spacial score (nSPS) is 16.1. The lowest BCUT2D eigenvalue weighted by Crippen LogP contribution is -2.34. The zero-order valence-corrected chi connectivity index (χ0v) is 15.5. The number of rotatable bonds is 6. The molecule has 7 nitrogen and oxygen atoms in total. The summed E-state index contributed by atoms with van der Waals surface area (Å²) in [4.78, 5) is 11.5. The molecule has 0 amide bonds. The van der Waals surface area contributed by atoms with Crippen LogP contribution in [0.5, 0.6) is 0 Å². The second-order valence-electron chi connectivity index (χ2n) is 6.90. The van der Waals surface area contributed by atoms with Crippen molar-refractivity contribution in [2.75, 3.05) is 0 Å². The maximum atomic E-state index is 13.0. The minimum absolute atomic E-state index is 0.138. The van der Waals surface area contributed by atoms with Crippen LogP contribution < -0.4 is 5.32 Å². The van der Waals surface area contributed by atoms with Gasteiger partial charge in [0, 0.05) is 35.5 Å². The lowest BCUT2D eigenvalue weighted by Gasteiger charge is -2.23. The Balaban J connectivity index is 1.42. The summed E-state index contributed by atoms with van der Waals surface area (Å²) in [5.74, 6) is -0.603. The van der Waals surface area contributed by atoms with Crippen molar-refractivity contribution in [1.82, 2.24) is 20.3 Å². The molecule has 28 heavy (non-hydrogen) atoms. The van der Waals surface area contributed by atoms with Crippen LogP contribution in [0.25, 0.3) is 11.3 Å². The Morgan fingerprint density at radius 1 is 1.39 bits per heavy atom. The first-order chi connectivity index (χ1) is 13.5. The second-order valence-corrected chi connectivity index (χ2v) is 6.90. The molecule has 3 aromatic rings. The Morgan fingerprint density at radius 3 is 2.89 bits per heavy atom. The molecule has 1 atom stereocenters. The van der Waals surface area contributed by atoms with Gasteiger partial charge in [0.05, 0.1) is 6.54 Å². The predicted octanol–water partition coefficient (Wildman–Crippen LogP) is 3.04. The number of hydrogen-bond donors (Lipinski definition) is 2. The highest BCUT2D eigenvalue weighted by Gasteiger charge is 2.28. The maximum Gasteiger partial charge on any atom is 0.356 e. The number of fused-ring (bicyclic) bond motifs is 1. The Morgan fingerprint density at radius 2 is 2.18 bits per heavy atom. The first-order valence-corrected chi connectivity index (χ1v) is 9.32. The Bertz CT molecular complexity index is 994. The molecule has 1 aromatic carbocycles. The van der Waals surface area contributed by atoms with E-state index in [1.807, 2.05) is 13.0 Å². The van der Waals surface area contributed by atoms with Gasteiger partial charge in [-0.25, -0.2) is 9.18 Å². The second kappa shape index (κ2) is 7.55. The number of carboxylic acids is 1. The van der Waals surface area contributed by atoms with Crippen molar-refractivity contribution in [2.45, 2.75) is 45.3 Å². The standard InChI is InChI=1S/C20H21FN4O3/c1-2-25-18-8-7-14(9-16(18)19(23-25)20(26)27)22-11-15-10-17(24-28-15)12-3-5-13(21)6-4-12/h3-6,10,14,22H,2,7-9,11H2,1H3,(H,26,27)/t14-/m1/s1. The summed E-state index contributed by atoms with van der Waals surface area (Å²) in [5, 5.41) is 21.1. The fourth-order valence-corrected chi connectivity index (χ4v) is 3.69. The van der Waals surface area contributed by atoms with Gasteiger partial charge in [-0.15, -0.1) is 0 Å². The summed E-state index contributed by atoms with van der Waals surface area (Å²) in [6.07, 6.45) is 2.31. The SMILES string of the molecule is CCn1nc(C(=O)O)c2c1CC[C@@H](NCc1cc(-c3ccc(F)cc3)no1)C2. The first-order valence-electron chi connectivity index (χ1n) is 9.32. The van der Waals surface area contributed by atoms with Gasteiger partial charge in [0.25, 0.3) is 0 Å². The molecule has 146 valence electrons. The number of aromatic carboxylic acids is 1. The number of nitrogens with zero attached hydrogens (tertiary/aromatic N) is 3. The van der Waals surface area contributed by atoms with Crippen molar-refractivity contribution in [3.05, 3.63) is 58.9 Å². The molecule has 0 unspecified atom stereocenters. The Hall–Kier alpha value is -3.00. The summed E-state index contributed by atoms with van der Waals surface area (Å²) in [7, 11) is 0. The van der Waals surface area contributed by atoms with E-state index in [2.05, 4.69) is 15.6 Å². The number of nitrogens with one attached hydrogen (secondary N) is 1. The van der Waals surface area contributed by atoms with Crippen LogP contribution in [0, 0.1) is 5.82 Å². The van der Waals surface area contributed by atoms with Crippen LogP contribution in [-0.4, -0.2) is 32.1 Å². The number of carbonyl (C=O) groups is 1. The van der Waals surface area contributed by atoms with Gasteiger partial charge in [-0.1, -0.05) is 5.16 Å². The minimum Gasteiger partial charge on any atom is -0.476 e. The molecular formula is C20H21FN4O3. The lowest BCUT2D eigenvalue weighted by molar-refractivity contribution is 0.0688. The number of benzene rings is 1. The van der Waals surface area contributed by atoms with Crippen LogP contribution in [0.4, 0.5) is 4.39 Å². The van der Waals surface area contributed by atoms with Crippen LogP contribution in [0.3, 0.4) is 0 Å². The molecule has 0 fully saturated rings. The highest BCUT2D eigenvalue weighted by atomic mass is 19.1. The van der Waals surface area contributed by atoms with Crippen molar-refractivity contribution in [2.24, 2.45) is 0 Å². The fourth-order valence-electron chi connectivity index (χ4n) is 3.69. The minimum atomic E-state index is -0.983. The van der Waals surface area contributed by atoms with Gasteiger partial charge in [0.2, 0.25) is 0 Å². The predicted molar refractivity (Wildman–Crippen MR) is 99.4 cm³/mol. The number of hydrogen-bond acceptors (Lipinski definition) is 5. The van der Waals surface area contributed by atoms with E-state index in [1.165, 1.54) is 12.1 Å². The summed E-state index contributed by atoms with van der Waals surface area (Å²) >= 11 is 0. The van der Waals surface area contributed by atoms with E-state index in [0.717, 1.165) is 29.7 Å². The summed E-state index contributed by atoms with van der Waals surface area (Å²) < 4.78 is 20.2. The molecule has 0 saturated heterocycles. The summed E-state index contributed by atoms with van der Waals surface area (Å²) in [5.41, 5.74) is 3.44. The summed E-state index contributed by atoms with van der Waals surface area (Å²) in [6, 6.07) is 8.06. The number of halogens is 1. The molecule has 2 N–H and O–H groups in total. The van der Waals surface area contributed by atoms with E-state index in [9.17, 15) is 14.3 Å². The van der Waals surface area contributed by atoms with E-state index in [1.54, 1.807) is 16.8 Å². The van der Waals surface area contributed by atoms with Crippen LogP contribution in [0.1, 0.15) is 40.9 Å². The molecule has 2 aromatic heterocycles. The molecule has 0 bridgehead atoms. The van der Waals surface area contributed by atoms with Crippen molar-refractivity contribution in [1.29, 1.82) is 0 Å². The van der Waals surface area contributed by atoms with E-state index in [-0.39, 0.29) is 17.6 Å². The maximum absolute atomic E-state index is 13.0. The molecule has 0 saturated carbocycles. The number of aryl methyl sites for hydroxylation is 1. The molecule has 8 heteroatoms. The molecule has 2 heterocycles. The van der Waals surface area contributed by atoms with E-state index in [4.69, 9.17) is 4.52 Å². The molecule has 0 radical (unpaired) electrons. The van der Waals surface area contributed by atoms with Crippen LogP contribution in [0.2, 0.25) is 0 Å². The Labute approximate surface area is 161 Å². The van der Waals surface area contributed by atoms with Gasteiger partial charge < -0.3 is 14.9 Å². The van der Waals surface area contributed by atoms with Gasteiger partial charge in [0.15, 0.2) is 11.5 Å². The zero-order chi connectivity index (χ0) is 19.7. The van der Waals surface area contributed by atoms with Gasteiger partial charge in [-0.05, 0) is 50.5 Å². The van der Waals surface area contributed by atoms with Gasteiger partial charge in [-0.3, -0.25) is 4.68 Å². The highest BCUT2D eigenvalue weighted by Crippen LogP contribution is 2.26.